The number of ether oxygens (including phenoxy) is 1. The van der Waals surface area contributed by atoms with Gasteiger partial charge in [0.1, 0.15) is 5.69 Å². The molecule has 0 aromatic carbocycles. The molecule has 0 saturated heterocycles. The lowest BCUT2D eigenvalue weighted by Gasteiger charge is -2.06. The van der Waals surface area contributed by atoms with Crippen molar-refractivity contribution in [2.75, 3.05) is 13.7 Å². The summed E-state index contributed by atoms with van der Waals surface area (Å²) in [6.07, 6.45) is 8.71. The van der Waals surface area contributed by atoms with Crippen molar-refractivity contribution in [3.8, 4) is 5.88 Å². The summed E-state index contributed by atoms with van der Waals surface area (Å²) in [5, 5.41) is 5.47. The second-order valence-electron chi connectivity index (χ2n) is 4.45. The molecule has 0 aliphatic rings. The molecule has 0 aliphatic heterocycles. The van der Waals surface area contributed by atoms with E-state index in [1.54, 1.807) is 24.6 Å². The summed E-state index contributed by atoms with van der Waals surface area (Å²) < 4.78 is 9.48. The second kappa shape index (κ2) is 6.06. The highest BCUT2D eigenvalue weighted by molar-refractivity contribution is 7.15. The number of fused-ring (bicyclic) bond motifs is 1. The maximum Gasteiger partial charge on any atom is 0.237 e. The third kappa shape index (κ3) is 2.68. The molecule has 0 atom stereocenters. The molecule has 3 rings (SSSR count). The standard InChI is InChI=1S/C13H17N5OS/c1-19-12-11(18-7-8-20-13(18)16-12)9-14-3-2-5-17-6-4-15-10-17/h4,6-8,10,14H,2-3,5,9H2,1H3. The largest absolute Gasteiger partial charge is 0.480 e. The predicted octanol–water partition coefficient (Wildman–Crippen LogP) is 1.78. The fourth-order valence-electron chi connectivity index (χ4n) is 2.15. The van der Waals surface area contributed by atoms with E-state index in [-0.39, 0.29) is 0 Å². The lowest BCUT2D eigenvalue weighted by atomic mass is 10.4. The number of hydrogen-bond acceptors (Lipinski definition) is 5. The van der Waals surface area contributed by atoms with Crippen LogP contribution in [0.25, 0.3) is 4.96 Å². The Morgan fingerprint density at radius 3 is 3.15 bits per heavy atom. The zero-order chi connectivity index (χ0) is 13.8. The van der Waals surface area contributed by atoms with Crippen LogP contribution in [-0.4, -0.2) is 32.6 Å². The van der Waals surface area contributed by atoms with Crippen LogP contribution in [0.1, 0.15) is 12.1 Å². The van der Waals surface area contributed by atoms with Gasteiger partial charge in [0.25, 0.3) is 0 Å². The van der Waals surface area contributed by atoms with Crippen LogP contribution in [0.4, 0.5) is 0 Å². The lowest BCUT2D eigenvalue weighted by Crippen LogP contribution is -2.17. The number of nitrogens with zero attached hydrogens (tertiary/aromatic N) is 4. The number of aryl methyl sites for hydroxylation is 1. The van der Waals surface area contributed by atoms with Crippen molar-refractivity contribution in [2.45, 2.75) is 19.5 Å². The van der Waals surface area contributed by atoms with E-state index in [0.29, 0.717) is 5.88 Å². The highest BCUT2D eigenvalue weighted by Crippen LogP contribution is 2.22. The maximum absolute atomic E-state index is 5.33. The van der Waals surface area contributed by atoms with Crippen molar-refractivity contribution in [2.24, 2.45) is 0 Å². The van der Waals surface area contributed by atoms with Crippen LogP contribution in [-0.2, 0) is 13.1 Å². The molecule has 0 fully saturated rings. The number of thiazole rings is 1. The summed E-state index contributed by atoms with van der Waals surface area (Å²) in [5.41, 5.74) is 1.08. The van der Waals surface area contributed by atoms with Gasteiger partial charge in [-0.1, -0.05) is 0 Å². The fourth-order valence-corrected chi connectivity index (χ4v) is 2.87. The third-order valence-electron chi connectivity index (χ3n) is 3.14. The molecular formula is C13H17N5OS. The van der Waals surface area contributed by atoms with E-state index < -0.39 is 0 Å². The van der Waals surface area contributed by atoms with Gasteiger partial charge >= 0.3 is 0 Å². The topological polar surface area (TPSA) is 56.4 Å². The van der Waals surface area contributed by atoms with E-state index in [9.17, 15) is 0 Å². The SMILES string of the molecule is COc1nc2sccn2c1CNCCCn1ccnc1. The van der Waals surface area contributed by atoms with E-state index in [1.807, 2.05) is 24.1 Å². The average Bonchev–Trinajstić information content (AvgIpc) is 3.15. The second-order valence-corrected chi connectivity index (χ2v) is 5.33. The molecule has 0 spiro atoms. The van der Waals surface area contributed by atoms with Gasteiger partial charge < -0.3 is 14.6 Å². The highest BCUT2D eigenvalue weighted by atomic mass is 32.1. The smallest absolute Gasteiger partial charge is 0.237 e. The molecule has 0 radical (unpaired) electrons. The lowest BCUT2D eigenvalue weighted by molar-refractivity contribution is 0.392. The first-order valence-electron chi connectivity index (χ1n) is 6.53. The minimum absolute atomic E-state index is 0.707. The van der Waals surface area contributed by atoms with E-state index in [2.05, 4.69) is 24.3 Å². The summed E-state index contributed by atoms with van der Waals surface area (Å²) in [7, 11) is 1.66. The molecular weight excluding hydrogens is 274 g/mol. The first-order valence-corrected chi connectivity index (χ1v) is 7.41. The van der Waals surface area contributed by atoms with Crippen LogP contribution in [0.15, 0.2) is 30.3 Å². The minimum atomic E-state index is 0.707. The normalized spacial score (nSPS) is 11.2. The number of nitrogens with one attached hydrogen (secondary N) is 1. The molecule has 106 valence electrons. The van der Waals surface area contributed by atoms with E-state index in [0.717, 1.165) is 36.7 Å². The van der Waals surface area contributed by atoms with Gasteiger partial charge in [-0.15, -0.1) is 11.3 Å². The number of methoxy groups -OCH3 is 1. The molecule has 0 amide bonds. The number of aromatic nitrogens is 4. The molecule has 20 heavy (non-hydrogen) atoms. The van der Waals surface area contributed by atoms with Crippen molar-refractivity contribution in [1.29, 1.82) is 0 Å². The molecule has 3 aromatic heterocycles. The summed E-state index contributed by atoms with van der Waals surface area (Å²) in [6, 6.07) is 0. The maximum atomic E-state index is 5.33. The van der Waals surface area contributed by atoms with Crippen molar-refractivity contribution < 1.29 is 4.74 Å². The van der Waals surface area contributed by atoms with Gasteiger partial charge in [-0.05, 0) is 13.0 Å². The Bertz CT molecular complexity index is 657. The van der Waals surface area contributed by atoms with Gasteiger partial charge in [0.05, 0.1) is 13.4 Å². The Kier molecular flexibility index (Phi) is 3.98. The Balaban J connectivity index is 1.53. The molecule has 3 aromatic rings. The van der Waals surface area contributed by atoms with E-state index in [1.165, 1.54) is 0 Å². The van der Waals surface area contributed by atoms with Gasteiger partial charge in [0.2, 0.25) is 5.88 Å². The molecule has 1 N–H and O–H groups in total. The summed E-state index contributed by atoms with van der Waals surface area (Å²) >= 11 is 1.61. The first-order chi connectivity index (χ1) is 9.88. The molecule has 3 heterocycles. The van der Waals surface area contributed by atoms with Crippen LogP contribution in [0, 0.1) is 0 Å². The molecule has 0 unspecified atom stereocenters. The first kappa shape index (κ1) is 13.1. The molecule has 0 saturated carbocycles. The minimum Gasteiger partial charge on any atom is -0.480 e. The van der Waals surface area contributed by atoms with Crippen LogP contribution in [0.3, 0.4) is 0 Å². The van der Waals surface area contributed by atoms with Gasteiger partial charge in [-0.2, -0.15) is 4.98 Å². The molecule has 6 nitrogen and oxygen atoms in total. The number of hydrogen-bond donors (Lipinski definition) is 1. The summed E-state index contributed by atoms with van der Waals surface area (Å²) in [5.74, 6) is 0.707. The number of rotatable bonds is 7. The summed E-state index contributed by atoms with van der Waals surface area (Å²) in [4.78, 5) is 9.44. The van der Waals surface area contributed by atoms with Gasteiger partial charge in [0, 0.05) is 37.1 Å². The zero-order valence-corrected chi connectivity index (χ0v) is 12.1. The predicted molar refractivity (Wildman–Crippen MR) is 78.2 cm³/mol. The zero-order valence-electron chi connectivity index (χ0n) is 11.3. The Hall–Kier alpha value is -1.86. The molecule has 0 bridgehead atoms. The molecule has 7 heteroatoms. The van der Waals surface area contributed by atoms with Gasteiger partial charge in [0.15, 0.2) is 4.96 Å². The van der Waals surface area contributed by atoms with Gasteiger partial charge in [-0.3, -0.25) is 4.40 Å². The van der Waals surface area contributed by atoms with Gasteiger partial charge in [-0.25, -0.2) is 4.98 Å². The van der Waals surface area contributed by atoms with Crippen molar-refractivity contribution in [1.82, 2.24) is 24.3 Å². The quantitative estimate of drug-likeness (QED) is 0.674. The van der Waals surface area contributed by atoms with E-state index in [4.69, 9.17) is 4.74 Å². The monoisotopic (exact) mass is 291 g/mol. The van der Waals surface area contributed by atoms with E-state index >= 15 is 0 Å². The van der Waals surface area contributed by atoms with Crippen LogP contribution >= 0.6 is 11.3 Å². The average molecular weight is 291 g/mol. The Morgan fingerprint density at radius 1 is 1.40 bits per heavy atom. The van der Waals surface area contributed by atoms with Crippen molar-refractivity contribution in [3.05, 3.63) is 36.0 Å². The fraction of sp³-hybridized carbons (Fsp3) is 0.385. The van der Waals surface area contributed by atoms with Crippen molar-refractivity contribution in [3.63, 3.8) is 0 Å². The van der Waals surface area contributed by atoms with Crippen LogP contribution < -0.4 is 10.1 Å². The summed E-state index contributed by atoms with van der Waals surface area (Å²) in [6.45, 7) is 2.67. The Morgan fingerprint density at radius 2 is 2.35 bits per heavy atom. The van der Waals surface area contributed by atoms with Crippen LogP contribution in [0.2, 0.25) is 0 Å². The van der Waals surface area contributed by atoms with Crippen molar-refractivity contribution >= 4 is 16.3 Å². The van der Waals surface area contributed by atoms with Crippen LogP contribution in [0.5, 0.6) is 5.88 Å². The number of imidazole rings is 2. The molecule has 0 aliphatic carbocycles. The third-order valence-corrected chi connectivity index (χ3v) is 3.90. The Labute approximate surface area is 121 Å². The highest BCUT2D eigenvalue weighted by Gasteiger charge is 2.12.